The lowest BCUT2D eigenvalue weighted by Crippen LogP contribution is -2.50. The molecule has 12 nitrogen and oxygen atoms in total. The van der Waals surface area contributed by atoms with E-state index in [1.54, 1.807) is 31.0 Å². The first-order valence-electron chi connectivity index (χ1n) is 18.9. The van der Waals surface area contributed by atoms with Crippen molar-refractivity contribution in [1.29, 1.82) is 0 Å². The van der Waals surface area contributed by atoms with Crippen LogP contribution in [0.1, 0.15) is 95.5 Å². The zero-order valence-electron chi connectivity index (χ0n) is 31.7. The van der Waals surface area contributed by atoms with Crippen LogP contribution in [0.2, 0.25) is 0 Å². The second-order valence-corrected chi connectivity index (χ2v) is 14.8. The van der Waals surface area contributed by atoms with E-state index >= 15 is 0 Å². The standard InChI is InChI=1S/C42H49N5O7/c1-26(2)47-22-30(43-44-47)25-53-37-17-14-27(3)32-18-19-46(36(39(32)37)23-45-21-28-10-6-7-11-33(28)40(45)48)41(49)34-12-8-9-13-35(34)42(50)54-24-29-15-16-31(51-4)20-38(29)52-5/h6-7,10-11,14-17,20,22,26,34-36H,8-9,12-13,18-19,21,23-25H2,1-5H3/t34-,35+,36-/m1/s1. The van der Waals surface area contributed by atoms with Crippen LogP contribution in [0.25, 0.3) is 0 Å². The molecule has 0 saturated heterocycles. The quantitative estimate of drug-likeness (QED) is 0.152. The Hall–Kier alpha value is -5.39. The number of rotatable bonds is 12. The first-order valence-corrected chi connectivity index (χ1v) is 18.9. The first-order chi connectivity index (χ1) is 26.2. The zero-order valence-corrected chi connectivity index (χ0v) is 31.7. The number of hydrogen-bond donors (Lipinski definition) is 0. The summed E-state index contributed by atoms with van der Waals surface area (Å²) in [6.07, 6.45) is 5.32. The summed E-state index contributed by atoms with van der Waals surface area (Å²) in [5.41, 5.74) is 6.17. The minimum absolute atomic E-state index is 0.0195. The number of carbonyl (C=O) groups is 3. The minimum atomic E-state index is -0.591. The Morgan fingerprint density at radius 3 is 2.48 bits per heavy atom. The summed E-state index contributed by atoms with van der Waals surface area (Å²) >= 11 is 0. The number of carbonyl (C=O) groups excluding carboxylic acids is 3. The molecule has 2 aliphatic heterocycles. The molecule has 0 N–H and O–H groups in total. The molecular weight excluding hydrogens is 686 g/mol. The van der Waals surface area contributed by atoms with Crippen LogP contribution in [0.3, 0.4) is 0 Å². The Morgan fingerprint density at radius 2 is 1.74 bits per heavy atom. The average Bonchev–Trinajstić information content (AvgIpc) is 3.81. The molecule has 7 rings (SSSR count). The molecule has 2 amide bonds. The number of fused-ring (bicyclic) bond motifs is 2. The fraction of sp³-hybridized carbons (Fsp3) is 0.452. The summed E-state index contributed by atoms with van der Waals surface area (Å²) in [5.74, 6) is 0.161. The second kappa shape index (κ2) is 15.9. The molecule has 284 valence electrons. The van der Waals surface area contributed by atoms with Crippen LogP contribution in [0.15, 0.2) is 60.8 Å². The number of benzene rings is 3. The van der Waals surface area contributed by atoms with Crippen LogP contribution in [-0.4, -0.2) is 69.9 Å². The molecular formula is C42H49N5O7. The van der Waals surface area contributed by atoms with Crippen molar-refractivity contribution in [3.8, 4) is 17.2 Å². The van der Waals surface area contributed by atoms with Gasteiger partial charge in [-0.15, -0.1) is 5.10 Å². The van der Waals surface area contributed by atoms with Gasteiger partial charge in [-0.05, 0) is 81.0 Å². The highest BCUT2D eigenvalue weighted by molar-refractivity contribution is 5.98. The normalized spacial score (nSPS) is 19.4. The summed E-state index contributed by atoms with van der Waals surface area (Å²) in [6, 6.07) is 16.7. The lowest BCUT2D eigenvalue weighted by atomic mass is 9.77. The third-order valence-electron chi connectivity index (χ3n) is 11.1. The molecule has 1 fully saturated rings. The first kappa shape index (κ1) is 36.9. The van der Waals surface area contributed by atoms with Gasteiger partial charge >= 0.3 is 5.97 Å². The Balaban J connectivity index is 1.18. The van der Waals surface area contributed by atoms with Gasteiger partial charge in [0.25, 0.3) is 5.91 Å². The van der Waals surface area contributed by atoms with E-state index in [1.807, 2.05) is 66.2 Å². The van der Waals surface area contributed by atoms with Crippen LogP contribution in [0, 0.1) is 18.8 Å². The smallest absolute Gasteiger partial charge is 0.310 e. The third-order valence-corrected chi connectivity index (χ3v) is 11.1. The number of ether oxygens (including phenoxy) is 4. The van der Waals surface area contributed by atoms with Gasteiger partial charge in [-0.25, -0.2) is 4.68 Å². The maximum absolute atomic E-state index is 15.0. The SMILES string of the molecule is COc1ccc(COC(=O)[C@H]2CCCC[C@H]2C(=O)N2CCc3c(C)ccc(OCc4cn(C(C)C)nn4)c3[C@H]2CN2Cc3ccccc3C2=O)c(OC)c1. The summed E-state index contributed by atoms with van der Waals surface area (Å²) < 4.78 is 25.0. The van der Waals surface area contributed by atoms with E-state index in [4.69, 9.17) is 18.9 Å². The number of methoxy groups -OCH3 is 2. The molecule has 3 atom stereocenters. The monoisotopic (exact) mass is 735 g/mol. The fourth-order valence-electron chi connectivity index (χ4n) is 8.18. The van der Waals surface area contributed by atoms with Gasteiger partial charge in [0.2, 0.25) is 5.91 Å². The van der Waals surface area contributed by atoms with E-state index in [9.17, 15) is 14.4 Å². The molecule has 3 aromatic carbocycles. The van der Waals surface area contributed by atoms with Crippen LogP contribution in [-0.2, 0) is 40.5 Å². The molecule has 1 saturated carbocycles. The van der Waals surface area contributed by atoms with Crippen LogP contribution < -0.4 is 14.2 Å². The molecule has 12 heteroatoms. The van der Waals surface area contributed by atoms with Crippen molar-refractivity contribution < 1.29 is 33.3 Å². The Kier molecular flexibility index (Phi) is 10.9. The van der Waals surface area contributed by atoms with Gasteiger partial charge in [0.1, 0.15) is 36.2 Å². The summed E-state index contributed by atoms with van der Waals surface area (Å²) in [6.45, 7) is 7.58. The van der Waals surface area contributed by atoms with E-state index in [0.717, 1.165) is 35.1 Å². The molecule has 54 heavy (non-hydrogen) atoms. The molecule has 1 aliphatic carbocycles. The molecule has 3 aliphatic rings. The van der Waals surface area contributed by atoms with Gasteiger partial charge in [-0.3, -0.25) is 14.4 Å². The highest BCUT2D eigenvalue weighted by Gasteiger charge is 2.44. The van der Waals surface area contributed by atoms with Gasteiger partial charge in [-0.1, -0.05) is 42.3 Å². The van der Waals surface area contributed by atoms with Crippen LogP contribution in [0.4, 0.5) is 0 Å². The number of hydrogen-bond acceptors (Lipinski definition) is 9. The van der Waals surface area contributed by atoms with E-state index in [0.29, 0.717) is 66.4 Å². The van der Waals surface area contributed by atoms with Crippen molar-refractivity contribution in [3.05, 3.63) is 99.9 Å². The summed E-state index contributed by atoms with van der Waals surface area (Å²) in [7, 11) is 3.14. The maximum Gasteiger partial charge on any atom is 0.310 e. The molecule has 0 radical (unpaired) electrons. The number of esters is 1. The Labute approximate surface area is 316 Å². The molecule has 0 unspecified atom stereocenters. The third kappa shape index (κ3) is 7.38. The van der Waals surface area contributed by atoms with Gasteiger partial charge < -0.3 is 28.7 Å². The van der Waals surface area contributed by atoms with Crippen molar-refractivity contribution in [1.82, 2.24) is 24.8 Å². The summed E-state index contributed by atoms with van der Waals surface area (Å²) in [4.78, 5) is 46.3. The Bertz CT molecular complexity index is 2030. The van der Waals surface area contributed by atoms with Crippen molar-refractivity contribution >= 4 is 17.8 Å². The van der Waals surface area contributed by atoms with E-state index < -0.39 is 17.9 Å². The van der Waals surface area contributed by atoms with E-state index in [-0.39, 0.29) is 43.6 Å². The topological polar surface area (TPSA) is 125 Å². The van der Waals surface area contributed by atoms with E-state index in [2.05, 4.69) is 23.3 Å². The van der Waals surface area contributed by atoms with E-state index in [1.165, 1.54) is 0 Å². The highest BCUT2D eigenvalue weighted by Crippen LogP contribution is 2.43. The van der Waals surface area contributed by atoms with Gasteiger partial charge in [0, 0.05) is 48.4 Å². The second-order valence-electron chi connectivity index (χ2n) is 14.8. The van der Waals surface area contributed by atoms with Gasteiger partial charge in [0.15, 0.2) is 0 Å². The molecule has 0 spiro atoms. The predicted octanol–water partition coefficient (Wildman–Crippen LogP) is 6.40. The van der Waals surface area contributed by atoms with Crippen molar-refractivity contribution in [2.75, 3.05) is 27.3 Å². The largest absolute Gasteiger partial charge is 0.497 e. The van der Waals surface area contributed by atoms with Crippen molar-refractivity contribution in [2.24, 2.45) is 11.8 Å². The van der Waals surface area contributed by atoms with Gasteiger partial charge in [-0.2, -0.15) is 0 Å². The zero-order chi connectivity index (χ0) is 37.9. The molecule has 1 aromatic heterocycles. The number of amides is 2. The lowest BCUT2D eigenvalue weighted by Gasteiger charge is -2.43. The van der Waals surface area contributed by atoms with Gasteiger partial charge in [0.05, 0.1) is 38.3 Å². The Morgan fingerprint density at radius 1 is 0.944 bits per heavy atom. The lowest BCUT2D eigenvalue weighted by molar-refractivity contribution is -0.159. The average molecular weight is 736 g/mol. The van der Waals surface area contributed by atoms with Crippen LogP contribution in [0.5, 0.6) is 17.2 Å². The molecule has 3 heterocycles. The highest BCUT2D eigenvalue weighted by atomic mass is 16.5. The molecule has 4 aromatic rings. The molecule has 0 bridgehead atoms. The fourth-order valence-corrected chi connectivity index (χ4v) is 8.18. The number of aryl methyl sites for hydroxylation is 1. The van der Waals surface area contributed by atoms with Crippen molar-refractivity contribution in [2.45, 2.75) is 84.7 Å². The summed E-state index contributed by atoms with van der Waals surface area (Å²) in [5, 5.41) is 8.55. The van der Waals surface area contributed by atoms with Crippen LogP contribution >= 0.6 is 0 Å². The predicted molar refractivity (Wildman–Crippen MR) is 200 cm³/mol. The minimum Gasteiger partial charge on any atom is -0.497 e. The number of aromatic nitrogens is 3. The van der Waals surface area contributed by atoms with Crippen molar-refractivity contribution in [3.63, 3.8) is 0 Å². The maximum atomic E-state index is 15.0. The number of nitrogens with zero attached hydrogens (tertiary/aromatic N) is 5.